The van der Waals surface area contributed by atoms with Gasteiger partial charge in [0.25, 0.3) is 5.91 Å². The number of anilines is 1. The third-order valence-corrected chi connectivity index (χ3v) is 11.3. The minimum atomic E-state index is -3.25. The molecular weight excluding hydrogens is 678 g/mol. The van der Waals surface area contributed by atoms with Crippen molar-refractivity contribution >= 4 is 48.3 Å². The van der Waals surface area contributed by atoms with Gasteiger partial charge < -0.3 is 30.6 Å². The topological polar surface area (TPSA) is 121 Å². The van der Waals surface area contributed by atoms with Crippen LogP contribution in [0.1, 0.15) is 48.2 Å². The molecule has 0 bridgehead atoms. The molecule has 3 aromatic carbocycles. The van der Waals surface area contributed by atoms with Gasteiger partial charge in [-0.15, -0.1) is 0 Å². The molecule has 2 heterocycles. The Morgan fingerprint density at radius 2 is 1.87 bits per heavy atom. The van der Waals surface area contributed by atoms with E-state index in [0.717, 1.165) is 37.1 Å². The molecule has 0 aliphatic carbocycles. The smallest absolute Gasteiger partial charge is 0.255 e. The van der Waals surface area contributed by atoms with Gasteiger partial charge in [-0.1, -0.05) is 38.1 Å². The normalized spacial score (nSPS) is 15.1. The zero-order valence-electron chi connectivity index (χ0n) is 27.9. The number of aromatic amines is 1. The summed E-state index contributed by atoms with van der Waals surface area (Å²) in [5.74, 6) is 0.453. The van der Waals surface area contributed by atoms with Crippen molar-refractivity contribution in [1.29, 1.82) is 0 Å². The maximum absolute atomic E-state index is 12.5. The van der Waals surface area contributed by atoms with Crippen molar-refractivity contribution in [3.8, 4) is 5.75 Å². The number of carbonyl (C=O) groups excluding carboxylic acids is 1. The Hall–Kier alpha value is -3.38. The van der Waals surface area contributed by atoms with Crippen molar-refractivity contribution in [2.75, 3.05) is 58.4 Å². The van der Waals surface area contributed by atoms with Crippen LogP contribution in [0.5, 0.6) is 5.75 Å². The molecule has 9 nitrogen and oxygen atoms in total. The third kappa shape index (κ3) is 9.82. The van der Waals surface area contributed by atoms with Crippen LogP contribution >= 0.6 is 15.9 Å². The van der Waals surface area contributed by atoms with Gasteiger partial charge in [0.05, 0.1) is 23.3 Å². The maximum Gasteiger partial charge on any atom is 0.255 e. The molecule has 4 aromatic rings. The molecule has 1 atom stereocenters. The summed E-state index contributed by atoms with van der Waals surface area (Å²) in [6, 6.07) is 18.9. The Kier molecular flexibility index (Phi) is 13.3. The number of nitrogens with two attached hydrogens (primary N) is 1. The summed E-state index contributed by atoms with van der Waals surface area (Å²) in [6.45, 7) is 8.77. The highest BCUT2D eigenvalue weighted by molar-refractivity contribution is 9.10. The number of hydrogen-bond donors (Lipinski definition) is 3. The van der Waals surface area contributed by atoms with Crippen molar-refractivity contribution < 1.29 is 17.9 Å². The summed E-state index contributed by atoms with van der Waals surface area (Å²) in [7, 11) is 0.475. The molecule has 4 N–H and O–H groups in total. The van der Waals surface area contributed by atoms with Crippen molar-refractivity contribution in [2.45, 2.75) is 50.5 Å². The van der Waals surface area contributed by atoms with E-state index in [4.69, 9.17) is 10.5 Å². The number of methoxy groups -OCH3 is 1. The van der Waals surface area contributed by atoms with Gasteiger partial charge in [0.1, 0.15) is 5.75 Å². The minimum Gasteiger partial charge on any atom is -0.496 e. The summed E-state index contributed by atoms with van der Waals surface area (Å²) >= 11 is 3.32. The Morgan fingerprint density at radius 1 is 1.13 bits per heavy atom. The van der Waals surface area contributed by atoms with Crippen molar-refractivity contribution in [2.24, 2.45) is 0 Å². The van der Waals surface area contributed by atoms with Crippen LogP contribution in [0.3, 0.4) is 0 Å². The third-order valence-electron chi connectivity index (χ3n) is 8.89. The Labute approximate surface area is 287 Å². The lowest BCUT2D eigenvalue weighted by Gasteiger charge is -2.18. The Bertz CT molecular complexity index is 1720. The predicted octanol–water partition coefficient (Wildman–Crippen LogP) is 5.93. The lowest BCUT2D eigenvalue weighted by molar-refractivity contribution is 0.0946. The molecule has 11 heteroatoms. The molecule has 1 fully saturated rings. The fraction of sp³-hybridized carbons (Fsp3) is 0.417. The van der Waals surface area contributed by atoms with Crippen molar-refractivity contribution in [1.82, 2.24) is 20.1 Å². The fourth-order valence-electron chi connectivity index (χ4n) is 5.92. The number of carbonyl (C=O) groups is 1. The molecule has 0 spiro atoms. The highest BCUT2D eigenvalue weighted by Crippen LogP contribution is 2.29. The molecule has 1 saturated heterocycles. The van der Waals surface area contributed by atoms with Gasteiger partial charge in [-0.3, -0.25) is 4.79 Å². The number of nitrogen functional groups attached to an aromatic ring is 1. The number of ether oxygens (including phenoxy) is 1. The quantitative estimate of drug-likeness (QED) is 0.146. The molecule has 0 saturated carbocycles. The van der Waals surface area contributed by atoms with Crippen LogP contribution in [0.4, 0.5) is 5.69 Å². The number of sulfone groups is 1. The molecule has 1 amide bonds. The van der Waals surface area contributed by atoms with Crippen molar-refractivity contribution in [3.63, 3.8) is 0 Å². The van der Waals surface area contributed by atoms with E-state index in [9.17, 15) is 13.2 Å². The lowest BCUT2D eigenvalue weighted by atomic mass is 10.0. The summed E-state index contributed by atoms with van der Waals surface area (Å²) < 4.78 is 31.0. The number of aryl methyl sites for hydroxylation is 1. The van der Waals surface area contributed by atoms with Gasteiger partial charge in [0, 0.05) is 52.5 Å². The van der Waals surface area contributed by atoms with Crippen LogP contribution in [0, 0.1) is 0 Å². The van der Waals surface area contributed by atoms with E-state index in [-0.39, 0.29) is 11.7 Å². The Balaban J connectivity index is 0.000000224. The number of halogens is 1. The predicted molar refractivity (Wildman–Crippen MR) is 195 cm³/mol. The average Bonchev–Trinajstić information content (AvgIpc) is 3.68. The van der Waals surface area contributed by atoms with Crippen LogP contribution in [0.15, 0.2) is 76.2 Å². The summed E-state index contributed by atoms with van der Waals surface area (Å²) in [5.41, 5.74) is 10.3. The SMILES string of the molecule is CCN(CC)CCNC(=O)c1cc(Br)c(N)cc1OC.CN1CCC[C@@H]1Cc1c[nH]c2ccc(CCS(=O)(=O)c3ccccc3)cc12. The van der Waals surface area contributed by atoms with E-state index < -0.39 is 9.84 Å². The lowest BCUT2D eigenvalue weighted by Crippen LogP contribution is -2.34. The van der Waals surface area contributed by atoms with Crippen molar-refractivity contribution in [3.05, 3.63) is 88.0 Å². The number of nitrogens with one attached hydrogen (secondary N) is 2. The molecule has 0 radical (unpaired) electrons. The number of hydrogen-bond acceptors (Lipinski definition) is 7. The molecule has 1 aliphatic heterocycles. The molecule has 1 aliphatic rings. The van der Waals surface area contributed by atoms with Gasteiger partial charge in [0.2, 0.25) is 0 Å². The number of likely N-dealkylation sites (tertiary alicyclic amines) is 1. The maximum atomic E-state index is 12.5. The average molecular weight is 727 g/mol. The first-order chi connectivity index (χ1) is 22.6. The summed E-state index contributed by atoms with van der Waals surface area (Å²) in [4.78, 5) is 20.6. The van der Waals surface area contributed by atoms with E-state index in [0.29, 0.717) is 45.4 Å². The van der Waals surface area contributed by atoms with Crippen LogP contribution in [-0.2, 0) is 22.7 Å². The molecule has 1 aromatic heterocycles. The first-order valence-electron chi connectivity index (χ1n) is 16.3. The van der Waals surface area contributed by atoms with Gasteiger partial charge in [-0.2, -0.15) is 0 Å². The Morgan fingerprint density at radius 3 is 2.53 bits per heavy atom. The van der Waals surface area contributed by atoms with Gasteiger partial charge in [0.15, 0.2) is 9.84 Å². The number of amides is 1. The van der Waals surface area contributed by atoms with E-state index in [1.807, 2.05) is 12.1 Å². The zero-order chi connectivity index (χ0) is 34.0. The number of fused-ring (bicyclic) bond motifs is 1. The second-order valence-electron chi connectivity index (χ2n) is 11.9. The van der Waals surface area contributed by atoms with Crippen LogP contribution in [-0.4, -0.2) is 87.8 Å². The van der Waals surface area contributed by atoms with Gasteiger partial charge in [-0.25, -0.2) is 8.42 Å². The molecule has 5 rings (SSSR count). The molecular formula is C36H48BrN5O4S. The molecule has 0 unspecified atom stereocenters. The van der Waals surface area contributed by atoms with E-state index in [1.165, 1.54) is 37.4 Å². The second-order valence-corrected chi connectivity index (χ2v) is 14.9. The van der Waals surface area contributed by atoms with Gasteiger partial charge in [-0.05, 0) is 110 Å². The highest BCUT2D eigenvalue weighted by Gasteiger charge is 2.22. The zero-order valence-corrected chi connectivity index (χ0v) is 30.3. The first kappa shape index (κ1) is 36.5. The summed E-state index contributed by atoms with van der Waals surface area (Å²) in [5, 5.41) is 4.12. The second kappa shape index (κ2) is 17.1. The van der Waals surface area contributed by atoms with E-state index in [1.54, 1.807) is 36.4 Å². The molecule has 254 valence electrons. The number of rotatable bonds is 13. The monoisotopic (exact) mass is 725 g/mol. The summed E-state index contributed by atoms with van der Waals surface area (Å²) in [6.07, 6.45) is 6.20. The van der Waals surface area contributed by atoms with Crippen LogP contribution in [0.25, 0.3) is 10.9 Å². The number of nitrogens with zero attached hydrogens (tertiary/aromatic N) is 2. The number of benzene rings is 3. The van der Waals surface area contributed by atoms with E-state index >= 15 is 0 Å². The highest BCUT2D eigenvalue weighted by atomic mass is 79.9. The number of H-pyrrole nitrogens is 1. The van der Waals surface area contributed by atoms with E-state index in [2.05, 4.69) is 75.3 Å². The fourth-order valence-corrected chi connectivity index (χ4v) is 7.57. The van der Waals surface area contributed by atoms with Crippen LogP contribution in [0.2, 0.25) is 0 Å². The number of likely N-dealkylation sites (N-methyl/N-ethyl adjacent to an activating group) is 2. The first-order valence-corrected chi connectivity index (χ1v) is 18.7. The van der Waals surface area contributed by atoms with Gasteiger partial charge >= 0.3 is 0 Å². The minimum absolute atomic E-state index is 0.133. The largest absolute Gasteiger partial charge is 0.496 e. The molecule has 47 heavy (non-hydrogen) atoms. The standard InChI is InChI=1S/C22H26N2O2S.C14H22BrN3O2/c1-24-12-5-6-19(24)15-18-16-23-22-10-9-17(14-21(18)22)11-13-27(25,26)20-7-3-2-4-8-20;1-4-18(5-2)7-6-17-14(19)10-8-11(15)12(16)9-13(10)20-3/h2-4,7-10,14,16,19,23H,5-6,11-13,15H2,1H3;8-9H,4-7,16H2,1-3H3,(H,17,19)/t19-;/m1./s1. The number of aromatic nitrogens is 1. The van der Waals surface area contributed by atoms with Crippen LogP contribution < -0.4 is 15.8 Å².